The molecule has 1 aromatic rings. The van der Waals surface area contributed by atoms with Crippen molar-refractivity contribution in [2.24, 2.45) is 5.92 Å². The summed E-state index contributed by atoms with van der Waals surface area (Å²) in [7, 11) is 1.67. The molecule has 1 aromatic heterocycles. The molecule has 0 bridgehead atoms. The smallest absolute Gasteiger partial charge is 0.244 e. The quantitative estimate of drug-likeness (QED) is 0.669. The fourth-order valence-corrected chi connectivity index (χ4v) is 2.00. The van der Waals surface area contributed by atoms with Crippen LogP contribution in [0.5, 0.6) is 0 Å². The van der Waals surface area contributed by atoms with Crippen LogP contribution < -0.4 is 4.90 Å². The lowest BCUT2D eigenvalue weighted by molar-refractivity contribution is -0.120. The van der Waals surface area contributed by atoms with Crippen molar-refractivity contribution in [1.82, 2.24) is 4.98 Å². The Balaban J connectivity index is 2.51. The Morgan fingerprint density at radius 1 is 1.67 bits per heavy atom. The summed E-state index contributed by atoms with van der Waals surface area (Å²) in [6.45, 7) is 0. The molecule has 76 valence electrons. The number of halogens is 1. The summed E-state index contributed by atoms with van der Waals surface area (Å²) in [6.07, 6.45) is 0.397. The van der Waals surface area contributed by atoms with Crippen LogP contribution in [-0.4, -0.2) is 17.9 Å². The molecule has 2 rings (SSSR count). The Bertz CT molecular complexity index is 466. The molecule has 0 fully saturated rings. The maximum absolute atomic E-state index is 11.7. The minimum Gasteiger partial charge on any atom is -0.313 e. The zero-order valence-corrected chi connectivity index (χ0v) is 9.65. The third kappa shape index (κ3) is 1.61. The molecule has 0 aromatic carbocycles. The van der Waals surface area contributed by atoms with Gasteiger partial charge in [-0.1, -0.05) is 0 Å². The number of pyridine rings is 1. The number of nitriles is 1. The van der Waals surface area contributed by atoms with Gasteiger partial charge in [0.2, 0.25) is 5.91 Å². The van der Waals surface area contributed by atoms with Crippen molar-refractivity contribution in [1.29, 1.82) is 5.26 Å². The minimum atomic E-state index is -0.607. The van der Waals surface area contributed by atoms with E-state index in [9.17, 15) is 4.79 Å². The summed E-state index contributed by atoms with van der Waals surface area (Å²) >= 11 is 3.27. The van der Waals surface area contributed by atoms with Crippen molar-refractivity contribution in [3.63, 3.8) is 0 Å². The predicted octanol–water partition coefficient (Wildman–Crippen LogP) is 1.50. The molecule has 2 heterocycles. The van der Waals surface area contributed by atoms with Gasteiger partial charge in [0.25, 0.3) is 0 Å². The second-order valence-electron chi connectivity index (χ2n) is 3.38. The number of rotatable bonds is 0. The van der Waals surface area contributed by atoms with Crippen molar-refractivity contribution in [2.45, 2.75) is 6.42 Å². The molecule has 0 aliphatic carbocycles. The van der Waals surface area contributed by atoms with Gasteiger partial charge in [0.15, 0.2) is 0 Å². The highest BCUT2D eigenvalue weighted by molar-refractivity contribution is 9.10. The van der Waals surface area contributed by atoms with Gasteiger partial charge in [0.1, 0.15) is 10.5 Å². The van der Waals surface area contributed by atoms with Crippen molar-refractivity contribution in [3.8, 4) is 6.07 Å². The van der Waals surface area contributed by atoms with E-state index in [1.165, 1.54) is 4.90 Å². The first-order valence-electron chi connectivity index (χ1n) is 4.46. The van der Waals surface area contributed by atoms with Crippen LogP contribution in [0, 0.1) is 17.2 Å². The summed E-state index contributed by atoms with van der Waals surface area (Å²) < 4.78 is 0.723. The Labute approximate surface area is 95.7 Å². The first-order valence-corrected chi connectivity index (χ1v) is 5.25. The Morgan fingerprint density at radius 3 is 3.07 bits per heavy atom. The average Bonchev–Trinajstić information content (AvgIpc) is 2.23. The standard InChI is InChI=1S/C10H8BrN3O/c1-14-8-2-3-9(11)13-7(8)4-6(5-12)10(14)15/h2-3,6H,4H2,1H3. The van der Waals surface area contributed by atoms with Gasteiger partial charge < -0.3 is 4.90 Å². The number of nitrogens with zero attached hydrogens (tertiary/aromatic N) is 3. The summed E-state index contributed by atoms with van der Waals surface area (Å²) in [5.74, 6) is -0.765. The average molecular weight is 266 g/mol. The Hall–Kier alpha value is -1.41. The molecule has 0 spiro atoms. The number of carbonyl (C=O) groups excluding carboxylic acids is 1. The third-order valence-electron chi connectivity index (χ3n) is 2.46. The SMILES string of the molecule is CN1C(=O)C(C#N)Cc2nc(Br)ccc21. The lowest BCUT2D eigenvalue weighted by Crippen LogP contribution is -2.38. The van der Waals surface area contributed by atoms with Crippen LogP contribution >= 0.6 is 15.9 Å². The lowest BCUT2D eigenvalue weighted by atomic mass is 9.97. The van der Waals surface area contributed by atoms with Crippen LogP contribution in [0.4, 0.5) is 5.69 Å². The molecule has 1 amide bonds. The summed E-state index contributed by atoms with van der Waals surface area (Å²) in [4.78, 5) is 17.4. The monoisotopic (exact) mass is 265 g/mol. The Morgan fingerprint density at radius 2 is 2.40 bits per heavy atom. The lowest BCUT2D eigenvalue weighted by Gasteiger charge is -2.27. The number of fused-ring (bicyclic) bond motifs is 1. The fourth-order valence-electron chi connectivity index (χ4n) is 1.66. The molecule has 1 unspecified atom stereocenters. The van der Waals surface area contributed by atoms with Gasteiger partial charge in [0, 0.05) is 13.5 Å². The van der Waals surface area contributed by atoms with Crippen LogP contribution in [0.2, 0.25) is 0 Å². The van der Waals surface area contributed by atoms with Gasteiger partial charge in [-0.15, -0.1) is 0 Å². The first kappa shape index (κ1) is 10.1. The van der Waals surface area contributed by atoms with Crippen molar-refractivity contribution >= 4 is 27.5 Å². The van der Waals surface area contributed by atoms with Crippen molar-refractivity contribution in [2.75, 3.05) is 11.9 Å². The van der Waals surface area contributed by atoms with Gasteiger partial charge in [-0.2, -0.15) is 5.26 Å². The van der Waals surface area contributed by atoms with E-state index in [2.05, 4.69) is 20.9 Å². The summed E-state index contributed by atoms with van der Waals surface area (Å²) in [5, 5.41) is 8.84. The highest BCUT2D eigenvalue weighted by Crippen LogP contribution is 2.29. The highest BCUT2D eigenvalue weighted by Gasteiger charge is 2.31. The largest absolute Gasteiger partial charge is 0.313 e. The zero-order chi connectivity index (χ0) is 11.0. The van der Waals surface area contributed by atoms with E-state index in [1.54, 1.807) is 13.1 Å². The molecule has 0 N–H and O–H groups in total. The number of amides is 1. The Kier molecular flexibility index (Phi) is 2.45. The topological polar surface area (TPSA) is 57.0 Å². The van der Waals surface area contributed by atoms with Gasteiger partial charge >= 0.3 is 0 Å². The minimum absolute atomic E-state index is 0.158. The maximum Gasteiger partial charge on any atom is 0.244 e. The molecule has 0 saturated carbocycles. The second-order valence-corrected chi connectivity index (χ2v) is 4.20. The molecule has 0 saturated heterocycles. The molecule has 1 aliphatic rings. The van der Waals surface area contributed by atoms with Crippen LogP contribution in [0.25, 0.3) is 0 Å². The molecule has 1 aliphatic heterocycles. The highest BCUT2D eigenvalue weighted by atomic mass is 79.9. The van der Waals surface area contributed by atoms with E-state index in [4.69, 9.17) is 5.26 Å². The van der Waals surface area contributed by atoms with Crippen molar-refractivity contribution in [3.05, 3.63) is 22.4 Å². The normalized spacial score (nSPS) is 19.7. The molecular weight excluding hydrogens is 258 g/mol. The summed E-state index contributed by atoms with van der Waals surface area (Å²) in [5.41, 5.74) is 1.58. The van der Waals surface area contributed by atoms with E-state index in [-0.39, 0.29) is 5.91 Å². The van der Waals surface area contributed by atoms with E-state index < -0.39 is 5.92 Å². The van der Waals surface area contributed by atoms with Gasteiger partial charge in [0.05, 0.1) is 17.5 Å². The van der Waals surface area contributed by atoms with Gasteiger partial charge in [-0.05, 0) is 28.1 Å². The van der Waals surface area contributed by atoms with E-state index in [0.29, 0.717) is 6.42 Å². The number of anilines is 1. The molecule has 0 radical (unpaired) electrons. The van der Waals surface area contributed by atoms with E-state index in [1.807, 2.05) is 12.1 Å². The number of hydrogen-bond acceptors (Lipinski definition) is 3. The summed E-state index contributed by atoms with van der Waals surface area (Å²) in [6, 6.07) is 5.62. The van der Waals surface area contributed by atoms with Crippen LogP contribution in [0.1, 0.15) is 5.69 Å². The first-order chi connectivity index (χ1) is 7.13. The number of carbonyl (C=O) groups is 1. The van der Waals surface area contributed by atoms with E-state index in [0.717, 1.165) is 16.0 Å². The zero-order valence-electron chi connectivity index (χ0n) is 8.07. The molecule has 5 heteroatoms. The third-order valence-corrected chi connectivity index (χ3v) is 2.90. The second kappa shape index (κ2) is 3.63. The van der Waals surface area contributed by atoms with Crippen LogP contribution in [-0.2, 0) is 11.2 Å². The predicted molar refractivity (Wildman–Crippen MR) is 58.2 cm³/mol. The fraction of sp³-hybridized carbons (Fsp3) is 0.300. The maximum atomic E-state index is 11.7. The molecule has 15 heavy (non-hydrogen) atoms. The van der Waals surface area contributed by atoms with E-state index >= 15 is 0 Å². The number of aromatic nitrogens is 1. The van der Waals surface area contributed by atoms with Crippen LogP contribution in [0.15, 0.2) is 16.7 Å². The molecular formula is C10H8BrN3O. The van der Waals surface area contributed by atoms with Gasteiger partial charge in [-0.3, -0.25) is 4.79 Å². The van der Waals surface area contributed by atoms with Crippen LogP contribution in [0.3, 0.4) is 0 Å². The molecule has 4 nitrogen and oxygen atoms in total. The van der Waals surface area contributed by atoms with Crippen molar-refractivity contribution < 1.29 is 4.79 Å². The van der Waals surface area contributed by atoms with Gasteiger partial charge in [-0.25, -0.2) is 4.98 Å². The number of hydrogen-bond donors (Lipinski definition) is 0. The molecule has 1 atom stereocenters.